The van der Waals surface area contributed by atoms with E-state index >= 15 is 0 Å². The Morgan fingerprint density at radius 3 is 2.62 bits per heavy atom. The number of amides is 2. The number of thiazole rings is 1. The summed E-state index contributed by atoms with van der Waals surface area (Å²) in [6.07, 6.45) is 3.79. The molecule has 2 unspecified atom stereocenters. The van der Waals surface area contributed by atoms with E-state index < -0.39 is 6.04 Å². The average molecular weight is 307 g/mol. The molecule has 6 heteroatoms. The van der Waals surface area contributed by atoms with Crippen LogP contribution in [-0.4, -0.2) is 33.8 Å². The van der Waals surface area contributed by atoms with E-state index in [0.717, 1.165) is 17.8 Å². The van der Waals surface area contributed by atoms with E-state index in [1.54, 1.807) is 11.1 Å². The van der Waals surface area contributed by atoms with E-state index in [2.05, 4.69) is 10.3 Å². The second-order valence-corrected chi connectivity index (χ2v) is 7.96. The Labute approximate surface area is 128 Å². The van der Waals surface area contributed by atoms with Crippen LogP contribution in [0, 0.1) is 11.3 Å². The third-order valence-corrected chi connectivity index (χ3v) is 4.91. The molecule has 2 heterocycles. The Kier molecular flexibility index (Phi) is 3.51. The van der Waals surface area contributed by atoms with E-state index in [9.17, 15) is 9.59 Å². The van der Waals surface area contributed by atoms with Crippen molar-refractivity contribution >= 4 is 23.2 Å². The largest absolute Gasteiger partial charge is 0.342 e. The van der Waals surface area contributed by atoms with Crippen LogP contribution in [0.1, 0.15) is 38.6 Å². The molecule has 0 aromatic carbocycles. The third-order valence-electron chi connectivity index (χ3n) is 4.14. The molecule has 0 spiro atoms. The van der Waals surface area contributed by atoms with Crippen LogP contribution in [0.15, 0.2) is 11.6 Å². The van der Waals surface area contributed by atoms with Gasteiger partial charge < -0.3 is 10.2 Å². The predicted octanol–water partition coefficient (Wildman–Crippen LogP) is 1.79. The minimum atomic E-state index is -0.458. The lowest BCUT2D eigenvalue weighted by atomic mass is 9.83. The average Bonchev–Trinajstić information content (AvgIpc) is 3.08. The molecule has 3 rings (SSSR count). The van der Waals surface area contributed by atoms with Gasteiger partial charge in [0.15, 0.2) is 0 Å². The molecule has 2 fully saturated rings. The molecule has 1 N–H and O–H groups in total. The number of carbonyl (C=O) groups is 2. The maximum atomic E-state index is 12.9. The highest BCUT2D eigenvalue weighted by Crippen LogP contribution is 2.39. The molecular weight excluding hydrogens is 286 g/mol. The fraction of sp³-hybridized carbons (Fsp3) is 0.667. The summed E-state index contributed by atoms with van der Waals surface area (Å²) in [5.74, 6) is 0.331. The van der Waals surface area contributed by atoms with Gasteiger partial charge in [0.05, 0.1) is 6.54 Å². The number of nitrogens with zero attached hydrogens (tertiary/aromatic N) is 2. The van der Waals surface area contributed by atoms with Crippen molar-refractivity contribution in [2.45, 2.75) is 52.2 Å². The third kappa shape index (κ3) is 2.81. The Hall–Kier alpha value is -1.43. The van der Waals surface area contributed by atoms with Crippen molar-refractivity contribution in [1.29, 1.82) is 0 Å². The lowest BCUT2D eigenvalue weighted by Gasteiger charge is -2.43. The summed E-state index contributed by atoms with van der Waals surface area (Å²) in [4.78, 5) is 31.4. The van der Waals surface area contributed by atoms with Gasteiger partial charge in [-0.05, 0) is 24.2 Å². The first-order valence-corrected chi connectivity index (χ1v) is 8.25. The van der Waals surface area contributed by atoms with Gasteiger partial charge in [-0.15, -0.1) is 11.3 Å². The van der Waals surface area contributed by atoms with Gasteiger partial charge in [-0.25, -0.2) is 4.98 Å². The fourth-order valence-corrected chi connectivity index (χ4v) is 3.47. The van der Waals surface area contributed by atoms with Crippen molar-refractivity contribution in [3.63, 3.8) is 0 Å². The van der Waals surface area contributed by atoms with E-state index in [0.29, 0.717) is 12.5 Å². The minimum absolute atomic E-state index is 0.00594. The molecule has 0 bridgehead atoms. The van der Waals surface area contributed by atoms with Crippen molar-refractivity contribution in [1.82, 2.24) is 15.2 Å². The van der Waals surface area contributed by atoms with Gasteiger partial charge in [-0.1, -0.05) is 20.8 Å². The Balaban J connectivity index is 1.89. The summed E-state index contributed by atoms with van der Waals surface area (Å²) < 4.78 is 0. The number of nitrogens with one attached hydrogen (secondary N) is 1. The summed E-state index contributed by atoms with van der Waals surface area (Å²) in [5.41, 5.74) is -0.289. The Bertz CT molecular complexity index is 546. The van der Waals surface area contributed by atoms with Crippen LogP contribution in [0.2, 0.25) is 0 Å². The molecule has 21 heavy (non-hydrogen) atoms. The molecule has 2 atom stereocenters. The van der Waals surface area contributed by atoms with Crippen LogP contribution in [0.25, 0.3) is 0 Å². The second-order valence-electron chi connectivity index (χ2n) is 6.98. The topological polar surface area (TPSA) is 62.3 Å². The van der Waals surface area contributed by atoms with Crippen molar-refractivity contribution < 1.29 is 9.59 Å². The first kappa shape index (κ1) is 14.5. The van der Waals surface area contributed by atoms with Gasteiger partial charge in [0.2, 0.25) is 11.8 Å². The molecule has 1 saturated carbocycles. The van der Waals surface area contributed by atoms with Gasteiger partial charge in [0.25, 0.3) is 0 Å². The van der Waals surface area contributed by atoms with Gasteiger partial charge in [-0.3, -0.25) is 9.59 Å². The maximum absolute atomic E-state index is 12.9. The number of carbonyl (C=O) groups excluding carboxylic acids is 2. The first-order chi connectivity index (χ1) is 9.88. The predicted molar refractivity (Wildman–Crippen MR) is 80.6 cm³/mol. The van der Waals surface area contributed by atoms with Crippen molar-refractivity contribution in [3.05, 3.63) is 16.6 Å². The normalized spacial score (nSPS) is 26.9. The zero-order valence-electron chi connectivity index (χ0n) is 12.6. The molecule has 5 nitrogen and oxygen atoms in total. The summed E-state index contributed by atoms with van der Waals surface area (Å²) >= 11 is 1.53. The van der Waals surface area contributed by atoms with E-state index in [-0.39, 0.29) is 23.3 Å². The molecule has 1 aliphatic carbocycles. The molecule has 114 valence electrons. The van der Waals surface area contributed by atoms with E-state index in [4.69, 9.17) is 0 Å². The van der Waals surface area contributed by atoms with Gasteiger partial charge in [0.1, 0.15) is 17.1 Å². The summed E-state index contributed by atoms with van der Waals surface area (Å²) in [7, 11) is 0. The number of aromatic nitrogens is 1. The SMILES string of the molecule is CC(C)(C)C1NC(=O)C(C2CC2)N(Cc2nccs2)C1=O. The molecule has 2 amide bonds. The molecule has 1 aromatic heterocycles. The fourth-order valence-electron chi connectivity index (χ4n) is 2.85. The van der Waals surface area contributed by atoms with Crippen molar-refractivity contribution in [2.75, 3.05) is 0 Å². The van der Waals surface area contributed by atoms with Crippen LogP contribution in [-0.2, 0) is 16.1 Å². The van der Waals surface area contributed by atoms with Crippen LogP contribution < -0.4 is 5.32 Å². The lowest BCUT2D eigenvalue weighted by molar-refractivity contribution is -0.154. The van der Waals surface area contributed by atoms with Crippen molar-refractivity contribution in [2.24, 2.45) is 11.3 Å². The Morgan fingerprint density at radius 1 is 1.38 bits per heavy atom. The van der Waals surface area contributed by atoms with E-state index in [1.165, 1.54) is 11.3 Å². The standard InChI is InChI=1S/C15H21N3O2S/c1-15(2,3)12-14(20)18(8-10-16-6-7-21-10)11(9-4-5-9)13(19)17-12/h6-7,9,11-12H,4-5,8H2,1-3H3,(H,17,19). The monoisotopic (exact) mass is 307 g/mol. The van der Waals surface area contributed by atoms with Crippen LogP contribution in [0.3, 0.4) is 0 Å². The number of piperazine rings is 1. The van der Waals surface area contributed by atoms with Crippen LogP contribution >= 0.6 is 11.3 Å². The molecule has 0 radical (unpaired) electrons. The number of rotatable bonds is 3. The quantitative estimate of drug-likeness (QED) is 0.926. The number of hydrogen-bond acceptors (Lipinski definition) is 4. The molecule has 2 aliphatic rings. The zero-order chi connectivity index (χ0) is 15.2. The van der Waals surface area contributed by atoms with Crippen molar-refractivity contribution in [3.8, 4) is 0 Å². The van der Waals surface area contributed by atoms with Gasteiger partial charge >= 0.3 is 0 Å². The number of hydrogen-bond donors (Lipinski definition) is 1. The van der Waals surface area contributed by atoms with Crippen LogP contribution in [0.5, 0.6) is 0 Å². The summed E-state index contributed by atoms with van der Waals surface area (Å²) in [6.45, 7) is 6.39. The van der Waals surface area contributed by atoms with Gasteiger partial charge in [0, 0.05) is 11.6 Å². The first-order valence-electron chi connectivity index (χ1n) is 7.37. The highest BCUT2D eigenvalue weighted by atomic mass is 32.1. The maximum Gasteiger partial charge on any atom is 0.246 e. The molecule has 1 aromatic rings. The lowest BCUT2D eigenvalue weighted by Crippen LogP contribution is -2.66. The molecule has 1 saturated heterocycles. The Morgan fingerprint density at radius 2 is 2.10 bits per heavy atom. The van der Waals surface area contributed by atoms with Gasteiger partial charge in [-0.2, -0.15) is 0 Å². The van der Waals surface area contributed by atoms with Crippen LogP contribution in [0.4, 0.5) is 0 Å². The molecule has 1 aliphatic heterocycles. The summed E-state index contributed by atoms with van der Waals surface area (Å²) in [5, 5.41) is 5.73. The minimum Gasteiger partial charge on any atom is -0.342 e. The highest BCUT2D eigenvalue weighted by Gasteiger charge is 2.50. The van der Waals surface area contributed by atoms with E-state index in [1.807, 2.05) is 26.2 Å². The smallest absolute Gasteiger partial charge is 0.246 e. The zero-order valence-corrected chi connectivity index (χ0v) is 13.4. The highest BCUT2D eigenvalue weighted by molar-refractivity contribution is 7.09. The summed E-state index contributed by atoms with van der Waals surface area (Å²) in [6, 6.07) is -0.778. The molecular formula is C15H21N3O2S. The second kappa shape index (κ2) is 5.09.